The van der Waals surface area contributed by atoms with E-state index in [1.807, 2.05) is 0 Å². The summed E-state index contributed by atoms with van der Waals surface area (Å²) in [5, 5.41) is 4.65. The molecule has 4 N–H and O–H groups in total. The fraction of sp³-hybridized carbons (Fsp3) is 0.467. The molecule has 0 spiro atoms. The lowest BCUT2D eigenvalue weighted by atomic mass is 10.1. The Hall–Kier alpha value is -1.80. The fourth-order valence-corrected chi connectivity index (χ4v) is 1.80. The SMILES string of the molecule is Cc1ccc(NC(=O)CNC(=O)[C@@H](N)C(C)C)cc1C(F)(F)F.Cl. The summed E-state index contributed by atoms with van der Waals surface area (Å²) >= 11 is 0. The smallest absolute Gasteiger partial charge is 0.346 e. The van der Waals surface area contributed by atoms with E-state index in [4.69, 9.17) is 5.73 Å². The summed E-state index contributed by atoms with van der Waals surface area (Å²) in [6.07, 6.45) is -4.50. The van der Waals surface area contributed by atoms with Gasteiger partial charge in [0.05, 0.1) is 18.2 Å². The lowest BCUT2D eigenvalue weighted by molar-refractivity contribution is -0.138. The first kappa shape index (κ1) is 22.2. The Morgan fingerprint density at radius 2 is 1.83 bits per heavy atom. The van der Waals surface area contributed by atoms with Gasteiger partial charge in [-0.25, -0.2) is 0 Å². The molecule has 1 atom stereocenters. The van der Waals surface area contributed by atoms with Crippen LogP contribution in [0.3, 0.4) is 0 Å². The summed E-state index contributed by atoms with van der Waals surface area (Å²) in [6.45, 7) is 4.49. The van der Waals surface area contributed by atoms with E-state index in [1.165, 1.54) is 19.1 Å². The van der Waals surface area contributed by atoms with Crippen LogP contribution in [0.1, 0.15) is 25.0 Å². The normalized spacial score (nSPS) is 12.3. The topological polar surface area (TPSA) is 84.2 Å². The predicted molar refractivity (Wildman–Crippen MR) is 87.9 cm³/mol. The molecule has 0 heterocycles. The van der Waals surface area contributed by atoms with E-state index >= 15 is 0 Å². The Morgan fingerprint density at radius 1 is 1.25 bits per heavy atom. The Morgan fingerprint density at radius 3 is 2.33 bits per heavy atom. The minimum absolute atomic E-state index is 0. The van der Waals surface area contributed by atoms with Gasteiger partial charge < -0.3 is 16.4 Å². The molecule has 0 aliphatic heterocycles. The van der Waals surface area contributed by atoms with Crippen molar-refractivity contribution in [2.45, 2.75) is 33.0 Å². The number of hydrogen-bond donors (Lipinski definition) is 3. The Labute approximate surface area is 144 Å². The van der Waals surface area contributed by atoms with Crippen LogP contribution in [-0.2, 0) is 15.8 Å². The second kappa shape index (κ2) is 8.89. The van der Waals surface area contributed by atoms with Crippen LogP contribution in [0.2, 0.25) is 0 Å². The molecule has 24 heavy (non-hydrogen) atoms. The lowest BCUT2D eigenvalue weighted by Gasteiger charge is -2.15. The van der Waals surface area contributed by atoms with Crippen LogP contribution in [0.4, 0.5) is 18.9 Å². The Balaban J connectivity index is 0.00000529. The number of benzene rings is 1. The van der Waals surface area contributed by atoms with Crippen molar-refractivity contribution in [2.24, 2.45) is 11.7 Å². The van der Waals surface area contributed by atoms with Crippen LogP contribution in [-0.4, -0.2) is 24.4 Å². The maximum atomic E-state index is 12.8. The van der Waals surface area contributed by atoms with E-state index in [9.17, 15) is 22.8 Å². The second-order valence-corrected chi connectivity index (χ2v) is 5.56. The summed E-state index contributed by atoms with van der Waals surface area (Å²) in [7, 11) is 0. The highest BCUT2D eigenvalue weighted by atomic mass is 35.5. The number of carbonyl (C=O) groups excluding carboxylic acids is 2. The van der Waals surface area contributed by atoms with Crippen molar-refractivity contribution in [1.29, 1.82) is 0 Å². The van der Waals surface area contributed by atoms with Gasteiger partial charge in [-0.3, -0.25) is 9.59 Å². The quantitative estimate of drug-likeness (QED) is 0.747. The van der Waals surface area contributed by atoms with E-state index in [1.54, 1.807) is 13.8 Å². The molecule has 0 aromatic heterocycles. The maximum Gasteiger partial charge on any atom is 0.416 e. The van der Waals surface area contributed by atoms with Crippen LogP contribution >= 0.6 is 12.4 Å². The number of nitrogens with two attached hydrogens (primary N) is 1. The molecule has 136 valence electrons. The van der Waals surface area contributed by atoms with Gasteiger partial charge in [0, 0.05) is 5.69 Å². The molecular formula is C15H21ClF3N3O2. The average Bonchev–Trinajstić information content (AvgIpc) is 2.44. The zero-order chi connectivity index (χ0) is 17.8. The molecule has 0 fully saturated rings. The summed E-state index contributed by atoms with van der Waals surface area (Å²) in [6, 6.07) is 2.74. The van der Waals surface area contributed by atoms with Gasteiger partial charge in [-0.15, -0.1) is 12.4 Å². The zero-order valence-electron chi connectivity index (χ0n) is 13.5. The minimum atomic E-state index is -4.50. The van der Waals surface area contributed by atoms with Crippen molar-refractivity contribution >= 4 is 29.9 Å². The molecule has 1 aromatic carbocycles. The minimum Gasteiger partial charge on any atom is -0.346 e. The van der Waals surface area contributed by atoms with Gasteiger partial charge in [0.1, 0.15) is 0 Å². The molecule has 0 saturated heterocycles. The van der Waals surface area contributed by atoms with Crippen molar-refractivity contribution in [3.63, 3.8) is 0 Å². The van der Waals surface area contributed by atoms with Crippen molar-refractivity contribution in [3.8, 4) is 0 Å². The maximum absolute atomic E-state index is 12.8. The van der Waals surface area contributed by atoms with Crippen LogP contribution < -0.4 is 16.4 Å². The molecule has 5 nitrogen and oxygen atoms in total. The molecular weight excluding hydrogens is 347 g/mol. The van der Waals surface area contributed by atoms with Crippen LogP contribution in [0.25, 0.3) is 0 Å². The highest BCUT2D eigenvalue weighted by Crippen LogP contribution is 2.33. The van der Waals surface area contributed by atoms with Crippen LogP contribution in [0.5, 0.6) is 0 Å². The number of halogens is 4. The molecule has 1 aromatic rings. The summed E-state index contributed by atoms with van der Waals surface area (Å²) in [5.41, 5.74) is 4.87. The standard InChI is InChI=1S/C15H20F3N3O2.ClH/c1-8(2)13(19)14(23)20-7-12(22)21-10-5-4-9(3)11(6-10)15(16,17)18;/h4-6,8,13H,7,19H2,1-3H3,(H,20,23)(H,21,22);1H/t13-;/m0./s1. The van der Waals surface area contributed by atoms with Crippen molar-refractivity contribution in [2.75, 3.05) is 11.9 Å². The molecule has 0 unspecified atom stereocenters. The van der Waals surface area contributed by atoms with Gasteiger partial charge in [-0.2, -0.15) is 13.2 Å². The molecule has 0 saturated carbocycles. The first-order chi connectivity index (χ1) is 10.5. The number of rotatable bonds is 5. The second-order valence-electron chi connectivity index (χ2n) is 5.56. The van der Waals surface area contributed by atoms with Gasteiger partial charge in [0.15, 0.2) is 0 Å². The number of nitrogens with one attached hydrogen (secondary N) is 2. The number of aryl methyl sites for hydroxylation is 1. The molecule has 0 aliphatic carbocycles. The largest absolute Gasteiger partial charge is 0.416 e. The van der Waals surface area contributed by atoms with Gasteiger partial charge in [-0.1, -0.05) is 19.9 Å². The molecule has 1 rings (SSSR count). The fourth-order valence-electron chi connectivity index (χ4n) is 1.80. The number of anilines is 1. The lowest BCUT2D eigenvalue weighted by Crippen LogP contribution is -2.46. The number of alkyl halides is 3. The molecule has 2 amide bonds. The predicted octanol–water partition coefficient (Wildman–Crippen LogP) is 2.47. The summed E-state index contributed by atoms with van der Waals surface area (Å²) in [5.74, 6) is -1.22. The van der Waals surface area contributed by atoms with E-state index in [0.29, 0.717) is 0 Å². The van der Waals surface area contributed by atoms with Crippen molar-refractivity contribution in [1.82, 2.24) is 5.32 Å². The van der Waals surface area contributed by atoms with Gasteiger partial charge >= 0.3 is 6.18 Å². The average molecular weight is 368 g/mol. The van der Waals surface area contributed by atoms with E-state index in [2.05, 4.69) is 10.6 Å². The van der Waals surface area contributed by atoms with Gasteiger partial charge in [0.2, 0.25) is 11.8 Å². The first-order valence-corrected chi connectivity index (χ1v) is 7.03. The summed E-state index contributed by atoms with van der Waals surface area (Å²) < 4.78 is 38.4. The molecule has 0 aliphatic rings. The summed E-state index contributed by atoms with van der Waals surface area (Å²) in [4.78, 5) is 23.3. The van der Waals surface area contributed by atoms with Gasteiger partial charge in [0.25, 0.3) is 0 Å². The third-order valence-corrected chi connectivity index (χ3v) is 3.27. The van der Waals surface area contributed by atoms with Crippen molar-refractivity contribution < 1.29 is 22.8 Å². The van der Waals surface area contributed by atoms with E-state index in [0.717, 1.165) is 6.07 Å². The molecule has 0 radical (unpaired) electrons. The number of amides is 2. The molecule has 9 heteroatoms. The van der Waals surface area contributed by atoms with Crippen LogP contribution in [0, 0.1) is 12.8 Å². The third kappa shape index (κ3) is 6.37. The third-order valence-electron chi connectivity index (χ3n) is 3.27. The Kier molecular flexibility index (Phi) is 8.22. The van der Waals surface area contributed by atoms with Crippen LogP contribution in [0.15, 0.2) is 18.2 Å². The highest BCUT2D eigenvalue weighted by Gasteiger charge is 2.32. The zero-order valence-corrected chi connectivity index (χ0v) is 14.3. The van der Waals surface area contributed by atoms with Gasteiger partial charge in [-0.05, 0) is 30.5 Å². The highest BCUT2D eigenvalue weighted by molar-refractivity contribution is 5.95. The van der Waals surface area contributed by atoms with E-state index in [-0.39, 0.29) is 36.1 Å². The Bertz CT molecular complexity index is 592. The molecule has 0 bridgehead atoms. The monoisotopic (exact) mass is 367 g/mol. The number of carbonyl (C=O) groups is 2. The van der Waals surface area contributed by atoms with E-state index < -0.39 is 29.6 Å². The first-order valence-electron chi connectivity index (χ1n) is 7.03. The number of hydrogen-bond acceptors (Lipinski definition) is 3. The van der Waals surface area contributed by atoms with Crippen molar-refractivity contribution in [3.05, 3.63) is 29.3 Å².